The highest BCUT2D eigenvalue weighted by Gasteiger charge is 2.09. The summed E-state index contributed by atoms with van der Waals surface area (Å²) >= 11 is 0. The van der Waals surface area contributed by atoms with Gasteiger partial charge in [0.1, 0.15) is 11.8 Å². The molecule has 1 aromatic heterocycles. The molecule has 1 aromatic carbocycles. The summed E-state index contributed by atoms with van der Waals surface area (Å²) in [6, 6.07) is 11.3. The molecule has 96 valence electrons. The molecular weight excluding hydrogens is 238 g/mol. The van der Waals surface area contributed by atoms with Gasteiger partial charge in [-0.1, -0.05) is 12.1 Å². The molecule has 2 aromatic rings. The SMILES string of the molecule is CCN(Cc1cccc(N)c1)c1nccc(C#N)n1. The van der Waals surface area contributed by atoms with E-state index in [0.717, 1.165) is 17.8 Å². The second kappa shape index (κ2) is 5.83. The van der Waals surface area contributed by atoms with Crippen molar-refractivity contribution in [3.05, 3.63) is 47.8 Å². The zero-order valence-corrected chi connectivity index (χ0v) is 10.7. The molecule has 0 aliphatic rings. The minimum absolute atomic E-state index is 0.371. The third-order valence-electron chi connectivity index (χ3n) is 2.75. The van der Waals surface area contributed by atoms with Crippen LogP contribution in [0.25, 0.3) is 0 Å². The number of nitriles is 1. The first-order valence-electron chi connectivity index (χ1n) is 6.05. The van der Waals surface area contributed by atoms with Crippen LogP contribution < -0.4 is 10.6 Å². The normalized spacial score (nSPS) is 9.89. The van der Waals surface area contributed by atoms with Gasteiger partial charge in [0.15, 0.2) is 0 Å². The Morgan fingerprint density at radius 3 is 2.89 bits per heavy atom. The van der Waals surface area contributed by atoms with Crippen LogP contribution in [0.4, 0.5) is 11.6 Å². The Bertz CT molecular complexity index is 603. The first-order valence-corrected chi connectivity index (χ1v) is 6.05. The molecule has 0 atom stereocenters. The standard InChI is InChI=1S/C14H15N5/c1-2-19(10-11-4-3-5-12(16)8-11)14-17-7-6-13(9-15)18-14/h3-8H,2,10,16H2,1H3. The molecule has 19 heavy (non-hydrogen) atoms. The van der Waals surface area contributed by atoms with Crippen LogP contribution in [0.1, 0.15) is 18.2 Å². The number of hydrogen-bond acceptors (Lipinski definition) is 5. The van der Waals surface area contributed by atoms with Crippen LogP contribution >= 0.6 is 0 Å². The molecule has 0 radical (unpaired) electrons. The number of nitrogens with zero attached hydrogens (tertiary/aromatic N) is 4. The van der Waals surface area contributed by atoms with Gasteiger partial charge in [-0.3, -0.25) is 0 Å². The van der Waals surface area contributed by atoms with Gasteiger partial charge in [-0.15, -0.1) is 0 Å². The molecule has 0 spiro atoms. The lowest BCUT2D eigenvalue weighted by molar-refractivity contribution is 0.790. The van der Waals surface area contributed by atoms with Gasteiger partial charge in [-0.05, 0) is 30.7 Å². The molecule has 0 amide bonds. The van der Waals surface area contributed by atoms with E-state index in [-0.39, 0.29) is 0 Å². The molecule has 2 rings (SSSR count). The summed E-state index contributed by atoms with van der Waals surface area (Å²) in [6.45, 7) is 3.44. The summed E-state index contributed by atoms with van der Waals surface area (Å²) in [4.78, 5) is 10.4. The number of nitrogens with two attached hydrogens (primary N) is 1. The van der Waals surface area contributed by atoms with E-state index in [1.165, 1.54) is 0 Å². The predicted octanol–water partition coefficient (Wildman–Crippen LogP) is 1.96. The average Bonchev–Trinajstić information content (AvgIpc) is 2.45. The van der Waals surface area contributed by atoms with E-state index < -0.39 is 0 Å². The van der Waals surface area contributed by atoms with E-state index >= 15 is 0 Å². The zero-order valence-electron chi connectivity index (χ0n) is 10.7. The molecule has 5 nitrogen and oxygen atoms in total. The minimum Gasteiger partial charge on any atom is -0.399 e. The van der Waals surface area contributed by atoms with Crippen molar-refractivity contribution in [3.63, 3.8) is 0 Å². The summed E-state index contributed by atoms with van der Waals surface area (Å²) in [6.07, 6.45) is 1.60. The molecular formula is C14H15N5. The fourth-order valence-electron chi connectivity index (χ4n) is 1.80. The smallest absolute Gasteiger partial charge is 0.226 e. The molecule has 0 saturated carbocycles. The molecule has 0 saturated heterocycles. The van der Waals surface area contributed by atoms with Crippen molar-refractivity contribution < 1.29 is 0 Å². The maximum atomic E-state index is 8.87. The summed E-state index contributed by atoms with van der Waals surface area (Å²) in [7, 11) is 0. The van der Waals surface area contributed by atoms with Crippen LogP contribution in [-0.2, 0) is 6.54 Å². The van der Waals surface area contributed by atoms with Crippen LogP contribution in [0.3, 0.4) is 0 Å². The summed E-state index contributed by atoms with van der Waals surface area (Å²) in [5.74, 6) is 0.559. The summed E-state index contributed by atoms with van der Waals surface area (Å²) in [5, 5.41) is 8.87. The minimum atomic E-state index is 0.371. The van der Waals surface area contributed by atoms with Crippen LogP contribution in [0.5, 0.6) is 0 Å². The van der Waals surface area contributed by atoms with Crippen LogP contribution in [0, 0.1) is 11.3 Å². The molecule has 1 heterocycles. The first kappa shape index (κ1) is 12.8. The highest BCUT2D eigenvalue weighted by atomic mass is 15.2. The van der Waals surface area contributed by atoms with Gasteiger partial charge in [0.25, 0.3) is 0 Å². The van der Waals surface area contributed by atoms with Gasteiger partial charge < -0.3 is 10.6 Å². The topological polar surface area (TPSA) is 78.8 Å². The summed E-state index contributed by atoms with van der Waals surface area (Å²) < 4.78 is 0. The Morgan fingerprint density at radius 2 is 2.21 bits per heavy atom. The van der Waals surface area contributed by atoms with E-state index in [4.69, 9.17) is 11.0 Å². The second-order valence-corrected chi connectivity index (χ2v) is 4.11. The number of rotatable bonds is 4. The zero-order chi connectivity index (χ0) is 13.7. The third-order valence-corrected chi connectivity index (χ3v) is 2.75. The lowest BCUT2D eigenvalue weighted by atomic mass is 10.2. The Kier molecular flexibility index (Phi) is 3.94. The second-order valence-electron chi connectivity index (χ2n) is 4.11. The quantitative estimate of drug-likeness (QED) is 0.842. The van der Waals surface area contributed by atoms with Crippen LogP contribution in [-0.4, -0.2) is 16.5 Å². The van der Waals surface area contributed by atoms with Gasteiger partial charge >= 0.3 is 0 Å². The molecule has 5 heteroatoms. The Hall–Kier alpha value is -2.61. The van der Waals surface area contributed by atoms with E-state index in [0.29, 0.717) is 18.2 Å². The van der Waals surface area contributed by atoms with Gasteiger partial charge in [0.05, 0.1) is 0 Å². The fourth-order valence-corrected chi connectivity index (χ4v) is 1.80. The van der Waals surface area contributed by atoms with Crippen LogP contribution in [0.2, 0.25) is 0 Å². The van der Waals surface area contributed by atoms with Crippen molar-refractivity contribution in [2.75, 3.05) is 17.2 Å². The van der Waals surface area contributed by atoms with Crippen molar-refractivity contribution in [2.24, 2.45) is 0 Å². The highest BCUT2D eigenvalue weighted by Crippen LogP contribution is 2.14. The lowest BCUT2D eigenvalue weighted by Gasteiger charge is -2.20. The third kappa shape index (κ3) is 3.19. The molecule has 0 aliphatic carbocycles. The largest absolute Gasteiger partial charge is 0.399 e. The maximum absolute atomic E-state index is 8.87. The Balaban J connectivity index is 2.22. The number of aromatic nitrogens is 2. The van der Waals surface area contributed by atoms with Gasteiger partial charge in [-0.2, -0.15) is 5.26 Å². The molecule has 0 unspecified atom stereocenters. The van der Waals surface area contributed by atoms with E-state index in [9.17, 15) is 0 Å². The van der Waals surface area contributed by atoms with Crippen LogP contribution in [0.15, 0.2) is 36.5 Å². The average molecular weight is 253 g/mol. The van der Waals surface area contributed by atoms with E-state index in [1.54, 1.807) is 12.3 Å². The number of anilines is 2. The first-order chi connectivity index (χ1) is 9.22. The van der Waals surface area contributed by atoms with Crippen molar-refractivity contribution >= 4 is 11.6 Å². The Labute approximate surface area is 112 Å². The molecule has 0 fully saturated rings. The number of hydrogen-bond donors (Lipinski definition) is 1. The van der Waals surface area contributed by atoms with Crippen molar-refractivity contribution in [1.29, 1.82) is 5.26 Å². The monoisotopic (exact) mass is 253 g/mol. The van der Waals surface area contributed by atoms with E-state index in [2.05, 4.69) is 9.97 Å². The van der Waals surface area contributed by atoms with E-state index in [1.807, 2.05) is 42.2 Å². The molecule has 0 bridgehead atoms. The number of nitrogen functional groups attached to an aromatic ring is 1. The van der Waals surface area contributed by atoms with Gasteiger partial charge in [0, 0.05) is 25.0 Å². The van der Waals surface area contributed by atoms with Crippen molar-refractivity contribution in [3.8, 4) is 6.07 Å². The molecule has 0 aliphatic heterocycles. The highest BCUT2D eigenvalue weighted by molar-refractivity contribution is 5.42. The van der Waals surface area contributed by atoms with Gasteiger partial charge in [0.2, 0.25) is 5.95 Å². The van der Waals surface area contributed by atoms with Crippen molar-refractivity contribution in [2.45, 2.75) is 13.5 Å². The lowest BCUT2D eigenvalue weighted by Crippen LogP contribution is -2.24. The number of benzene rings is 1. The fraction of sp³-hybridized carbons (Fsp3) is 0.214. The Morgan fingerprint density at radius 1 is 1.37 bits per heavy atom. The maximum Gasteiger partial charge on any atom is 0.226 e. The molecule has 2 N–H and O–H groups in total. The van der Waals surface area contributed by atoms with Gasteiger partial charge in [-0.25, -0.2) is 9.97 Å². The summed E-state index contributed by atoms with van der Waals surface area (Å²) in [5.41, 5.74) is 7.97. The predicted molar refractivity (Wildman–Crippen MR) is 74.3 cm³/mol. The van der Waals surface area contributed by atoms with Crippen molar-refractivity contribution in [1.82, 2.24) is 9.97 Å².